The number of amides is 1. The molecule has 0 saturated carbocycles. The van der Waals surface area contributed by atoms with Crippen LogP contribution in [0.3, 0.4) is 0 Å². The number of carboxylic acids is 1. The molecule has 1 amide bonds. The van der Waals surface area contributed by atoms with Gasteiger partial charge in [0.2, 0.25) is 0 Å². The minimum absolute atomic E-state index is 0.230. The van der Waals surface area contributed by atoms with Crippen molar-refractivity contribution in [1.82, 2.24) is 10.3 Å². The van der Waals surface area contributed by atoms with Crippen molar-refractivity contribution < 1.29 is 14.7 Å². The van der Waals surface area contributed by atoms with Gasteiger partial charge in [-0.3, -0.25) is 9.59 Å². The summed E-state index contributed by atoms with van der Waals surface area (Å²) in [6.07, 6.45) is 0. The first kappa shape index (κ1) is 16.7. The van der Waals surface area contributed by atoms with Crippen LogP contribution in [0.25, 0.3) is 21.7 Å². The highest BCUT2D eigenvalue weighted by Crippen LogP contribution is 2.22. The quantitative estimate of drug-likeness (QED) is 0.637. The zero-order chi connectivity index (χ0) is 18.1. The van der Waals surface area contributed by atoms with Crippen molar-refractivity contribution >= 4 is 33.6 Å². The highest BCUT2D eigenvalue weighted by molar-refractivity contribution is 6.07. The molecule has 1 aromatic heterocycles. The molecule has 6 nitrogen and oxygen atoms in total. The van der Waals surface area contributed by atoms with Gasteiger partial charge in [-0.1, -0.05) is 38.1 Å². The first-order chi connectivity index (χ1) is 11.9. The first-order valence-electron chi connectivity index (χ1n) is 7.97. The number of hydrogen-bond donors (Lipinski definition) is 3. The average Bonchev–Trinajstić information content (AvgIpc) is 2.58. The lowest BCUT2D eigenvalue weighted by molar-refractivity contribution is -0.140. The second-order valence-corrected chi connectivity index (χ2v) is 6.29. The lowest BCUT2D eigenvalue weighted by Gasteiger charge is -2.18. The van der Waals surface area contributed by atoms with Gasteiger partial charge >= 0.3 is 5.97 Å². The summed E-state index contributed by atoms with van der Waals surface area (Å²) < 4.78 is 0. The van der Waals surface area contributed by atoms with Crippen LogP contribution in [0.1, 0.15) is 24.2 Å². The Morgan fingerprint density at radius 2 is 1.72 bits per heavy atom. The van der Waals surface area contributed by atoms with E-state index in [-0.39, 0.29) is 11.5 Å². The second kappa shape index (κ2) is 6.39. The molecule has 0 aliphatic carbocycles. The first-order valence-corrected chi connectivity index (χ1v) is 7.97. The Balaban J connectivity index is 2.04. The van der Waals surface area contributed by atoms with Crippen LogP contribution in [0.15, 0.2) is 47.3 Å². The van der Waals surface area contributed by atoms with Gasteiger partial charge in [-0.15, -0.1) is 0 Å². The standard InChI is InChI=1S/C19H18N2O4/c1-10(2)16(19(24)25)21-17(22)11-7-8-13-12-5-3-4-6-14(12)18(23)20-15(13)9-11/h3-10,16H,1-2H3,(H,20,23)(H,21,22)(H,24,25). The van der Waals surface area contributed by atoms with Gasteiger partial charge in [-0.05, 0) is 29.5 Å². The fraction of sp³-hybridized carbons (Fsp3) is 0.211. The summed E-state index contributed by atoms with van der Waals surface area (Å²) in [7, 11) is 0. The minimum Gasteiger partial charge on any atom is -0.480 e. The lowest BCUT2D eigenvalue weighted by Crippen LogP contribution is -2.44. The lowest BCUT2D eigenvalue weighted by atomic mass is 10.0. The number of benzene rings is 2. The summed E-state index contributed by atoms with van der Waals surface area (Å²) in [4.78, 5) is 38.6. The second-order valence-electron chi connectivity index (χ2n) is 6.29. The Morgan fingerprint density at radius 1 is 1.04 bits per heavy atom. The molecule has 0 aliphatic rings. The van der Waals surface area contributed by atoms with Crippen molar-refractivity contribution in [3.8, 4) is 0 Å². The Kier molecular flexibility index (Phi) is 4.27. The molecule has 1 atom stereocenters. The highest BCUT2D eigenvalue weighted by Gasteiger charge is 2.24. The van der Waals surface area contributed by atoms with Gasteiger partial charge in [0.15, 0.2) is 0 Å². The molecular formula is C19H18N2O4. The van der Waals surface area contributed by atoms with Gasteiger partial charge in [-0.2, -0.15) is 0 Å². The number of aromatic nitrogens is 1. The van der Waals surface area contributed by atoms with Crippen molar-refractivity contribution in [1.29, 1.82) is 0 Å². The van der Waals surface area contributed by atoms with E-state index in [2.05, 4.69) is 10.3 Å². The fourth-order valence-electron chi connectivity index (χ4n) is 2.87. The smallest absolute Gasteiger partial charge is 0.326 e. The summed E-state index contributed by atoms with van der Waals surface area (Å²) in [6.45, 7) is 3.45. The number of fused-ring (bicyclic) bond motifs is 3. The molecule has 6 heteroatoms. The largest absolute Gasteiger partial charge is 0.480 e. The average molecular weight is 338 g/mol. The van der Waals surface area contributed by atoms with E-state index in [0.29, 0.717) is 16.5 Å². The van der Waals surface area contributed by atoms with Crippen molar-refractivity contribution in [3.63, 3.8) is 0 Å². The molecule has 2 aromatic carbocycles. The van der Waals surface area contributed by atoms with Crippen LogP contribution >= 0.6 is 0 Å². The monoisotopic (exact) mass is 338 g/mol. The van der Waals surface area contributed by atoms with Crippen LogP contribution in [-0.4, -0.2) is 28.0 Å². The molecule has 3 N–H and O–H groups in total. The molecule has 3 aromatic rings. The van der Waals surface area contributed by atoms with E-state index in [4.69, 9.17) is 0 Å². The van der Waals surface area contributed by atoms with Gasteiger partial charge in [0.1, 0.15) is 6.04 Å². The summed E-state index contributed by atoms with van der Waals surface area (Å²) in [5.41, 5.74) is 0.601. The number of rotatable bonds is 4. The van der Waals surface area contributed by atoms with E-state index in [1.165, 1.54) is 0 Å². The molecule has 0 aliphatic heterocycles. The predicted octanol–water partition coefficient (Wildman–Crippen LogP) is 2.52. The third kappa shape index (κ3) is 3.10. The number of H-pyrrole nitrogens is 1. The van der Waals surface area contributed by atoms with E-state index >= 15 is 0 Å². The number of nitrogens with one attached hydrogen (secondary N) is 2. The number of carbonyl (C=O) groups is 2. The summed E-state index contributed by atoms with van der Waals surface area (Å²) in [5.74, 6) is -1.81. The Morgan fingerprint density at radius 3 is 2.36 bits per heavy atom. The van der Waals surface area contributed by atoms with Crippen LogP contribution < -0.4 is 10.9 Å². The van der Waals surface area contributed by atoms with Gasteiger partial charge in [-0.25, -0.2) is 4.79 Å². The molecular weight excluding hydrogens is 320 g/mol. The highest BCUT2D eigenvalue weighted by atomic mass is 16.4. The molecule has 128 valence electrons. The summed E-state index contributed by atoms with van der Waals surface area (Å²) >= 11 is 0. The Hall–Kier alpha value is -3.15. The zero-order valence-corrected chi connectivity index (χ0v) is 13.9. The topological polar surface area (TPSA) is 99.3 Å². The fourth-order valence-corrected chi connectivity index (χ4v) is 2.87. The minimum atomic E-state index is -1.08. The maximum Gasteiger partial charge on any atom is 0.326 e. The maximum atomic E-state index is 12.4. The third-order valence-corrected chi connectivity index (χ3v) is 4.21. The van der Waals surface area contributed by atoms with E-state index in [0.717, 1.165) is 10.8 Å². The van der Waals surface area contributed by atoms with Gasteiger partial charge in [0.05, 0.1) is 0 Å². The van der Waals surface area contributed by atoms with Crippen LogP contribution in [0.5, 0.6) is 0 Å². The van der Waals surface area contributed by atoms with Gasteiger partial charge in [0, 0.05) is 21.9 Å². The van der Waals surface area contributed by atoms with Crippen molar-refractivity contribution in [3.05, 3.63) is 58.4 Å². The molecule has 0 saturated heterocycles. The molecule has 0 bridgehead atoms. The van der Waals surface area contributed by atoms with E-state index in [1.807, 2.05) is 12.1 Å². The molecule has 25 heavy (non-hydrogen) atoms. The van der Waals surface area contributed by atoms with Crippen LogP contribution in [0.2, 0.25) is 0 Å². The number of hydrogen-bond acceptors (Lipinski definition) is 3. The van der Waals surface area contributed by atoms with Crippen molar-refractivity contribution in [2.45, 2.75) is 19.9 Å². The molecule has 0 fully saturated rings. The third-order valence-electron chi connectivity index (χ3n) is 4.21. The Labute approximate surface area is 143 Å². The number of carboxylic acid groups (broad SMARTS) is 1. The Bertz CT molecular complexity index is 1040. The van der Waals surface area contributed by atoms with Crippen LogP contribution in [0, 0.1) is 5.92 Å². The summed E-state index contributed by atoms with van der Waals surface area (Å²) in [5, 5.41) is 13.9. The number of aliphatic carboxylic acids is 1. The summed E-state index contributed by atoms with van der Waals surface area (Å²) in [6, 6.07) is 11.2. The molecule has 1 unspecified atom stereocenters. The zero-order valence-electron chi connectivity index (χ0n) is 13.9. The predicted molar refractivity (Wildman–Crippen MR) is 95.8 cm³/mol. The normalized spacial score (nSPS) is 12.4. The van der Waals surface area contributed by atoms with Crippen molar-refractivity contribution in [2.24, 2.45) is 5.92 Å². The maximum absolute atomic E-state index is 12.4. The number of pyridine rings is 1. The van der Waals surface area contributed by atoms with Gasteiger partial charge < -0.3 is 15.4 Å². The number of aromatic amines is 1. The molecule has 1 heterocycles. The van der Waals surface area contributed by atoms with Gasteiger partial charge in [0.25, 0.3) is 11.5 Å². The molecule has 0 radical (unpaired) electrons. The van der Waals surface area contributed by atoms with Crippen molar-refractivity contribution in [2.75, 3.05) is 0 Å². The number of carbonyl (C=O) groups excluding carboxylic acids is 1. The van der Waals surface area contributed by atoms with E-state index < -0.39 is 17.9 Å². The molecule has 0 spiro atoms. The SMILES string of the molecule is CC(C)C(NC(=O)c1ccc2c(c1)[nH]c(=O)c1ccccc12)C(=O)O. The van der Waals surface area contributed by atoms with Crippen LogP contribution in [0.4, 0.5) is 0 Å². The molecule has 3 rings (SSSR count). The van der Waals surface area contributed by atoms with E-state index in [9.17, 15) is 19.5 Å². The van der Waals surface area contributed by atoms with Crippen LogP contribution in [-0.2, 0) is 4.79 Å². The van der Waals surface area contributed by atoms with E-state index in [1.54, 1.807) is 44.2 Å².